The van der Waals surface area contributed by atoms with Crippen LogP contribution in [-0.2, 0) is 0 Å². The number of benzene rings is 1. The highest BCUT2D eigenvalue weighted by atomic mass is 35.5. The van der Waals surface area contributed by atoms with Gasteiger partial charge in [0, 0.05) is 24.7 Å². The van der Waals surface area contributed by atoms with Crippen molar-refractivity contribution in [3.63, 3.8) is 0 Å². The van der Waals surface area contributed by atoms with Gasteiger partial charge in [-0.05, 0) is 43.9 Å². The van der Waals surface area contributed by atoms with E-state index in [9.17, 15) is 9.18 Å². The first-order valence-electron chi connectivity index (χ1n) is 6.38. The van der Waals surface area contributed by atoms with Crippen LogP contribution in [0.1, 0.15) is 30.1 Å². The van der Waals surface area contributed by atoms with E-state index in [1.165, 1.54) is 12.1 Å². The highest BCUT2D eigenvalue weighted by Crippen LogP contribution is 2.21. The Hall–Kier alpha value is -1.13. The second kappa shape index (κ2) is 6.87. The van der Waals surface area contributed by atoms with E-state index in [1.54, 1.807) is 17.0 Å². The third-order valence-corrected chi connectivity index (χ3v) is 3.64. The van der Waals surface area contributed by atoms with Gasteiger partial charge in [-0.15, -0.1) is 12.4 Å². The van der Waals surface area contributed by atoms with Gasteiger partial charge in [-0.3, -0.25) is 4.79 Å². The topological polar surface area (TPSA) is 46.3 Å². The van der Waals surface area contributed by atoms with Crippen LogP contribution >= 0.6 is 12.4 Å². The predicted molar refractivity (Wildman–Crippen MR) is 75.9 cm³/mol. The first-order chi connectivity index (χ1) is 8.58. The molecule has 1 fully saturated rings. The summed E-state index contributed by atoms with van der Waals surface area (Å²) in [5, 5.41) is 0. The molecule has 0 saturated carbocycles. The average molecular weight is 287 g/mol. The fourth-order valence-electron chi connectivity index (χ4n) is 2.43. The molecule has 3 nitrogen and oxygen atoms in total. The zero-order valence-corrected chi connectivity index (χ0v) is 11.8. The summed E-state index contributed by atoms with van der Waals surface area (Å²) >= 11 is 0. The van der Waals surface area contributed by atoms with Gasteiger partial charge in [-0.25, -0.2) is 4.39 Å². The average Bonchev–Trinajstić information content (AvgIpc) is 2.38. The Bertz CT molecular complexity index is 431. The van der Waals surface area contributed by atoms with Crippen molar-refractivity contribution < 1.29 is 9.18 Å². The van der Waals surface area contributed by atoms with Gasteiger partial charge in [0.2, 0.25) is 0 Å². The van der Waals surface area contributed by atoms with E-state index in [0.29, 0.717) is 24.6 Å². The second-order valence-corrected chi connectivity index (χ2v) is 5.00. The summed E-state index contributed by atoms with van der Waals surface area (Å²) in [6.07, 6.45) is 1.86. The highest BCUT2D eigenvalue weighted by Gasteiger charge is 2.25. The quantitative estimate of drug-likeness (QED) is 0.908. The SMILES string of the molecule is CC(N)C1CCN(C(=O)c2cccc(F)c2)CC1.Cl. The molecule has 1 aliphatic rings. The van der Waals surface area contributed by atoms with E-state index in [2.05, 4.69) is 0 Å². The summed E-state index contributed by atoms with van der Waals surface area (Å²) in [6.45, 7) is 3.43. The van der Waals surface area contributed by atoms with Crippen LogP contribution in [0.25, 0.3) is 0 Å². The molecule has 2 N–H and O–H groups in total. The van der Waals surface area contributed by atoms with Crippen molar-refractivity contribution in [3.8, 4) is 0 Å². The molecule has 19 heavy (non-hydrogen) atoms. The Morgan fingerprint density at radius 2 is 2.05 bits per heavy atom. The first-order valence-corrected chi connectivity index (χ1v) is 6.38. The molecule has 1 saturated heterocycles. The molecule has 0 aliphatic carbocycles. The lowest BCUT2D eigenvalue weighted by Crippen LogP contribution is -2.42. The monoisotopic (exact) mass is 286 g/mol. The molecule has 0 radical (unpaired) electrons. The fraction of sp³-hybridized carbons (Fsp3) is 0.500. The van der Waals surface area contributed by atoms with E-state index in [1.807, 2.05) is 6.92 Å². The number of hydrogen-bond acceptors (Lipinski definition) is 2. The Kier molecular flexibility index (Phi) is 5.76. The van der Waals surface area contributed by atoms with E-state index in [4.69, 9.17) is 5.73 Å². The molecule has 1 heterocycles. The molecule has 106 valence electrons. The van der Waals surface area contributed by atoms with Crippen molar-refractivity contribution in [2.75, 3.05) is 13.1 Å². The number of hydrogen-bond donors (Lipinski definition) is 1. The van der Waals surface area contributed by atoms with Gasteiger partial charge in [0.15, 0.2) is 0 Å². The lowest BCUT2D eigenvalue weighted by Gasteiger charge is -2.33. The number of carbonyl (C=O) groups is 1. The molecule has 5 heteroatoms. The summed E-state index contributed by atoms with van der Waals surface area (Å²) in [4.78, 5) is 13.9. The number of piperidine rings is 1. The summed E-state index contributed by atoms with van der Waals surface area (Å²) < 4.78 is 13.1. The van der Waals surface area contributed by atoms with Gasteiger partial charge in [0.1, 0.15) is 5.82 Å². The Balaban J connectivity index is 0.00000180. The van der Waals surface area contributed by atoms with E-state index >= 15 is 0 Å². The predicted octanol–water partition coefficient (Wildman–Crippen LogP) is 2.45. The Morgan fingerprint density at radius 3 is 2.58 bits per heavy atom. The molecule has 1 atom stereocenters. The summed E-state index contributed by atoms with van der Waals surface area (Å²) in [6, 6.07) is 6.04. The smallest absolute Gasteiger partial charge is 0.253 e. The number of carbonyl (C=O) groups excluding carboxylic acids is 1. The van der Waals surface area contributed by atoms with Crippen LogP contribution in [0.3, 0.4) is 0 Å². The number of rotatable bonds is 2. The maximum Gasteiger partial charge on any atom is 0.253 e. The number of likely N-dealkylation sites (tertiary alicyclic amines) is 1. The van der Waals surface area contributed by atoms with Crippen molar-refractivity contribution in [1.29, 1.82) is 0 Å². The highest BCUT2D eigenvalue weighted by molar-refractivity contribution is 5.94. The van der Waals surface area contributed by atoms with Gasteiger partial charge in [-0.1, -0.05) is 6.07 Å². The van der Waals surface area contributed by atoms with Crippen LogP contribution in [0.5, 0.6) is 0 Å². The van der Waals surface area contributed by atoms with Crippen molar-refractivity contribution in [1.82, 2.24) is 4.90 Å². The molecule has 0 bridgehead atoms. The molecule has 1 unspecified atom stereocenters. The van der Waals surface area contributed by atoms with Crippen LogP contribution in [-0.4, -0.2) is 29.9 Å². The lowest BCUT2D eigenvalue weighted by atomic mass is 9.90. The van der Waals surface area contributed by atoms with E-state index < -0.39 is 0 Å². The molecule has 1 aliphatic heterocycles. The zero-order chi connectivity index (χ0) is 13.1. The summed E-state index contributed by atoms with van der Waals surface area (Å²) in [7, 11) is 0. The third-order valence-electron chi connectivity index (χ3n) is 3.64. The summed E-state index contributed by atoms with van der Waals surface area (Å²) in [5.74, 6) is 0.0329. The lowest BCUT2D eigenvalue weighted by molar-refractivity contribution is 0.0680. The molecule has 1 aromatic rings. The minimum atomic E-state index is -0.369. The number of halogens is 2. The number of amides is 1. The van der Waals surface area contributed by atoms with Gasteiger partial charge in [-0.2, -0.15) is 0 Å². The maximum atomic E-state index is 13.1. The normalized spacial score (nSPS) is 17.7. The number of nitrogens with two attached hydrogens (primary N) is 1. The first kappa shape index (κ1) is 15.9. The minimum absolute atomic E-state index is 0. The summed E-state index contributed by atoms with van der Waals surface area (Å²) in [5.41, 5.74) is 6.29. The Labute approximate surface area is 119 Å². The second-order valence-electron chi connectivity index (χ2n) is 5.00. The third kappa shape index (κ3) is 3.91. The van der Waals surface area contributed by atoms with Crippen molar-refractivity contribution in [3.05, 3.63) is 35.6 Å². The molecule has 2 rings (SSSR count). The van der Waals surface area contributed by atoms with Crippen molar-refractivity contribution in [2.45, 2.75) is 25.8 Å². The van der Waals surface area contributed by atoms with Crippen molar-refractivity contribution >= 4 is 18.3 Å². The molecule has 1 amide bonds. The Morgan fingerprint density at radius 1 is 1.42 bits per heavy atom. The standard InChI is InChI=1S/C14H19FN2O.ClH/c1-10(16)11-5-7-17(8-6-11)14(18)12-3-2-4-13(15)9-12;/h2-4,9-11H,5-8,16H2,1H3;1H. The largest absolute Gasteiger partial charge is 0.339 e. The molecular weight excluding hydrogens is 267 g/mol. The molecular formula is C14H20ClFN2O. The zero-order valence-electron chi connectivity index (χ0n) is 11.0. The van der Waals surface area contributed by atoms with Crippen LogP contribution in [0, 0.1) is 11.7 Å². The van der Waals surface area contributed by atoms with Gasteiger partial charge < -0.3 is 10.6 Å². The maximum absolute atomic E-state index is 13.1. The minimum Gasteiger partial charge on any atom is -0.339 e. The van der Waals surface area contributed by atoms with E-state index in [0.717, 1.165) is 12.8 Å². The van der Waals surface area contributed by atoms with E-state index in [-0.39, 0.29) is 30.2 Å². The fourth-order valence-corrected chi connectivity index (χ4v) is 2.43. The molecule has 0 spiro atoms. The van der Waals surface area contributed by atoms with Gasteiger partial charge in [0.25, 0.3) is 5.91 Å². The van der Waals surface area contributed by atoms with Gasteiger partial charge in [0.05, 0.1) is 0 Å². The van der Waals surface area contributed by atoms with Crippen molar-refractivity contribution in [2.24, 2.45) is 11.7 Å². The molecule has 0 aromatic heterocycles. The van der Waals surface area contributed by atoms with Crippen LogP contribution in [0.4, 0.5) is 4.39 Å². The van der Waals surface area contributed by atoms with Crippen LogP contribution in [0.15, 0.2) is 24.3 Å². The number of nitrogens with zero attached hydrogens (tertiary/aromatic N) is 1. The van der Waals surface area contributed by atoms with Crippen LogP contribution < -0.4 is 5.73 Å². The van der Waals surface area contributed by atoms with Gasteiger partial charge >= 0.3 is 0 Å². The molecule has 1 aromatic carbocycles. The van der Waals surface area contributed by atoms with Crippen LogP contribution in [0.2, 0.25) is 0 Å².